The van der Waals surface area contributed by atoms with Crippen molar-refractivity contribution in [3.63, 3.8) is 0 Å². The first kappa shape index (κ1) is 14.5. The van der Waals surface area contributed by atoms with Crippen LogP contribution in [0.3, 0.4) is 0 Å². The SMILES string of the molecule is CC[C@H](C)[C@H](N)C(=O)N(C)CC1CCOCC1. The lowest BCUT2D eigenvalue weighted by atomic mass is 9.97. The van der Waals surface area contributed by atoms with Crippen LogP contribution in [0.25, 0.3) is 0 Å². The van der Waals surface area contributed by atoms with E-state index in [1.165, 1.54) is 0 Å². The molecule has 1 saturated heterocycles. The van der Waals surface area contributed by atoms with Crippen LogP contribution in [0.1, 0.15) is 33.1 Å². The Bertz CT molecular complexity index is 240. The Morgan fingerprint density at radius 3 is 2.59 bits per heavy atom. The van der Waals surface area contributed by atoms with Gasteiger partial charge < -0.3 is 15.4 Å². The zero-order valence-corrected chi connectivity index (χ0v) is 11.3. The molecule has 1 amide bonds. The first-order valence-electron chi connectivity index (χ1n) is 6.64. The van der Waals surface area contributed by atoms with E-state index in [1.54, 1.807) is 4.90 Å². The second-order valence-electron chi connectivity index (χ2n) is 5.19. The summed E-state index contributed by atoms with van der Waals surface area (Å²) in [5.41, 5.74) is 5.96. The molecule has 0 radical (unpaired) electrons. The molecule has 0 spiro atoms. The molecule has 4 nitrogen and oxygen atoms in total. The molecular weight excluding hydrogens is 216 g/mol. The second kappa shape index (κ2) is 6.97. The van der Waals surface area contributed by atoms with Gasteiger partial charge in [-0.25, -0.2) is 0 Å². The van der Waals surface area contributed by atoms with Crippen molar-refractivity contribution in [3.05, 3.63) is 0 Å². The molecule has 100 valence electrons. The molecule has 2 N–H and O–H groups in total. The van der Waals surface area contributed by atoms with Crippen molar-refractivity contribution < 1.29 is 9.53 Å². The van der Waals surface area contributed by atoms with Crippen LogP contribution in [0.2, 0.25) is 0 Å². The van der Waals surface area contributed by atoms with Gasteiger partial charge >= 0.3 is 0 Å². The number of carbonyl (C=O) groups excluding carboxylic acids is 1. The lowest BCUT2D eigenvalue weighted by Gasteiger charge is -2.30. The molecule has 1 heterocycles. The predicted octanol–water partition coefficient (Wildman–Crippen LogP) is 1.24. The summed E-state index contributed by atoms with van der Waals surface area (Å²) in [4.78, 5) is 13.9. The van der Waals surface area contributed by atoms with E-state index in [4.69, 9.17) is 10.5 Å². The molecule has 1 rings (SSSR count). The normalized spacial score (nSPS) is 20.9. The number of likely N-dealkylation sites (N-methyl/N-ethyl adjacent to an activating group) is 1. The van der Waals surface area contributed by atoms with Crippen LogP contribution >= 0.6 is 0 Å². The summed E-state index contributed by atoms with van der Waals surface area (Å²) in [5, 5.41) is 0. The highest BCUT2D eigenvalue weighted by Gasteiger charge is 2.25. The van der Waals surface area contributed by atoms with Crippen molar-refractivity contribution in [1.29, 1.82) is 0 Å². The fourth-order valence-electron chi connectivity index (χ4n) is 2.16. The van der Waals surface area contributed by atoms with E-state index in [2.05, 4.69) is 6.92 Å². The van der Waals surface area contributed by atoms with Crippen LogP contribution < -0.4 is 5.73 Å². The average molecular weight is 242 g/mol. The standard InChI is InChI=1S/C13H26N2O2/c1-4-10(2)12(14)13(16)15(3)9-11-5-7-17-8-6-11/h10-12H,4-9,14H2,1-3H3/t10-,12-/m0/s1. The average Bonchev–Trinajstić information content (AvgIpc) is 2.37. The van der Waals surface area contributed by atoms with Crippen molar-refractivity contribution in [2.45, 2.75) is 39.2 Å². The van der Waals surface area contributed by atoms with Gasteiger partial charge in [-0.15, -0.1) is 0 Å². The molecule has 17 heavy (non-hydrogen) atoms. The van der Waals surface area contributed by atoms with Crippen molar-refractivity contribution in [2.24, 2.45) is 17.6 Å². The molecule has 1 aliphatic heterocycles. The number of nitrogens with two attached hydrogens (primary N) is 1. The molecule has 1 aliphatic rings. The number of hydrogen-bond donors (Lipinski definition) is 1. The Morgan fingerprint density at radius 2 is 2.06 bits per heavy atom. The van der Waals surface area contributed by atoms with Crippen LogP contribution in [0.5, 0.6) is 0 Å². The van der Waals surface area contributed by atoms with Crippen LogP contribution in [-0.4, -0.2) is 43.7 Å². The first-order valence-corrected chi connectivity index (χ1v) is 6.64. The molecule has 0 aromatic rings. The fourth-order valence-corrected chi connectivity index (χ4v) is 2.16. The van der Waals surface area contributed by atoms with Gasteiger partial charge in [-0.2, -0.15) is 0 Å². The highest BCUT2D eigenvalue weighted by atomic mass is 16.5. The number of carbonyl (C=O) groups is 1. The lowest BCUT2D eigenvalue weighted by molar-refractivity contribution is -0.133. The Labute approximate surface area is 104 Å². The van der Waals surface area contributed by atoms with Gasteiger partial charge in [0.25, 0.3) is 0 Å². The van der Waals surface area contributed by atoms with Crippen molar-refractivity contribution in [2.75, 3.05) is 26.8 Å². The third kappa shape index (κ3) is 4.28. The summed E-state index contributed by atoms with van der Waals surface area (Å²) in [6.07, 6.45) is 3.05. The van der Waals surface area contributed by atoms with Gasteiger partial charge in [0, 0.05) is 26.8 Å². The molecule has 0 aliphatic carbocycles. The molecular formula is C13H26N2O2. The number of nitrogens with zero attached hydrogens (tertiary/aromatic N) is 1. The second-order valence-corrected chi connectivity index (χ2v) is 5.19. The fraction of sp³-hybridized carbons (Fsp3) is 0.923. The molecule has 0 bridgehead atoms. The minimum Gasteiger partial charge on any atom is -0.381 e. The lowest BCUT2D eigenvalue weighted by Crippen LogP contribution is -2.47. The van der Waals surface area contributed by atoms with Gasteiger partial charge in [0.05, 0.1) is 6.04 Å². The zero-order valence-electron chi connectivity index (χ0n) is 11.3. The summed E-state index contributed by atoms with van der Waals surface area (Å²) in [6.45, 7) is 6.56. The molecule has 0 unspecified atom stereocenters. The number of ether oxygens (including phenoxy) is 1. The van der Waals surface area contributed by atoms with Gasteiger partial charge in [0.1, 0.15) is 0 Å². The summed E-state index contributed by atoms with van der Waals surface area (Å²) in [6, 6.07) is -0.357. The van der Waals surface area contributed by atoms with E-state index in [0.29, 0.717) is 5.92 Å². The highest BCUT2D eigenvalue weighted by molar-refractivity contribution is 5.81. The van der Waals surface area contributed by atoms with E-state index in [-0.39, 0.29) is 17.9 Å². The van der Waals surface area contributed by atoms with Gasteiger partial charge in [0.2, 0.25) is 5.91 Å². The maximum Gasteiger partial charge on any atom is 0.239 e. The maximum atomic E-state index is 12.1. The summed E-state index contributed by atoms with van der Waals surface area (Å²) < 4.78 is 5.32. The van der Waals surface area contributed by atoms with Gasteiger partial charge in [-0.1, -0.05) is 20.3 Å². The topological polar surface area (TPSA) is 55.6 Å². The summed E-state index contributed by atoms with van der Waals surface area (Å²) >= 11 is 0. The number of hydrogen-bond acceptors (Lipinski definition) is 3. The Kier molecular flexibility index (Phi) is 5.92. The van der Waals surface area contributed by atoms with E-state index in [9.17, 15) is 4.79 Å². The van der Waals surface area contributed by atoms with E-state index in [0.717, 1.165) is 39.0 Å². The van der Waals surface area contributed by atoms with Gasteiger partial charge in [0.15, 0.2) is 0 Å². The minimum absolute atomic E-state index is 0.0749. The third-order valence-corrected chi connectivity index (χ3v) is 3.79. The Balaban J connectivity index is 2.40. The molecule has 0 aromatic carbocycles. The molecule has 2 atom stereocenters. The van der Waals surface area contributed by atoms with Crippen molar-refractivity contribution >= 4 is 5.91 Å². The Morgan fingerprint density at radius 1 is 1.47 bits per heavy atom. The third-order valence-electron chi connectivity index (χ3n) is 3.79. The monoisotopic (exact) mass is 242 g/mol. The minimum atomic E-state index is -0.357. The van der Waals surface area contributed by atoms with E-state index >= 15 is 0 Å². The van der Waals surface area contributed by atoms with E-state index < -0.39 is 0 Å². The van der Waals surface area contributed by atoms with Crippen molar-refractivity contribution in [3.8, 4) is 0 Å². The Hall–Kier alpha value is -0.610. The van der Waals surface area contributed by atoms with Gasteiger partial charge in [-0.05, 0) is 24.7 Å². The first-order chi connectivity index (χ1) is 8.06. The van der Waals surface area contributed by atoms with Gasteiger partial charge in [-0.3, -0.25) is 4.79 Å². The predicted molar refractivity (Wildman–Crippen MR) is 68.6 cm³/mol. The van der Waals surface area contributed by atoms with Crippen LogP contribution in [0.15, 0.2) is 0 Å². The van der Waals surface area contributed by atoms with Crippen molar-refractivity contribution in [1.82, 2.24) is 4.90 Å². The summed E-state index contributed by atoms with van der Waals surface area (Å²) in [5.74, 6) is 0.896. The zero-order chi connectivity index (χ0) is 12.8. The largest absolute Gasteiger partial charge is 0.381 e. The number of amides is 1. The molecule has 0 saturated carbocycles. The smallest absolute Gasteiger partial charge is 0.239 e. The molecule has 4 heteroatoms. The van der Waals surface area contributed by atoms with Crippen LogP contribution in [0.4, 0.5) is 0 Å². The van der Waals surface area contributed by atoms with E-state index in [1.807, 2.05) is 14.0 Å². The number of rotatable bonds is 5. The summed E-state index contributed by atoms with van der Waals surface area (Å²) in [7, 11) is 1.86. The quantitative estimate of drug-likeness (QED) is 0.789. The highest BCUT2D eigenvalue weighted by Crippen LogP contribution is 2.16. The molecule has 1 fully saturated rings. The van der Waals surface area contributed by atoms with Crippen LogP contribution in [0, 0.1) is 11.8 Å². The van der Waals surface area contributed by atoms with Crippen LogP contribution in [-0.2, 0) is 9.53 Å². The molecule has 0 aromatic heterocycles. The maximum absolute atomic E-state index is 12.1.